The van der Waals surface area contributed by atoms with Gasteiger partial charge in [-0.15, -0.1) is 0 Å². The average Bonchev–Trinajstić information content (AvgIpc) is 2.17. The molecule has 38 valence electrons. The predicted molar refractivity (Wildman–Crippen MR) is 29.8 cm³/mol. The number of nitrogens with zero attached hydrogens (tertiary/aromatic N) is 1. The number of hydrogen-bond donors (Lipinski definition) is 0. The van der Waals surface area contributed by atoms with Gasteiger partial charge in [-0.1, -0.05) is 0 Å². The van der Waals surface area contributed by atoms with E-state index in [0.29, 0.717) is 0 Å². The van der Waals surface area contributed by atoms with E-state index in [1.54, 1.807) is 0 Å². The van der Waals surface area contributed by atoms with Crippen LogP contribution in [0.2, 0.25) is 0 Å². The van der Waals surface area contributed by atoms with Gasteiger partial charge in [0.05, 0.1) is 5.36 Å². The quantitative estimate of drug-likeness (QED) is 0.450. The average molecular weight is 95.1 g/mol. The van der Waals surface area contributed by atoms with Gasteiger partial charge in [0, 0.05) is 7.05 Å². The minimum atomic E-state index is 1.22. The van der Waals surface area contributed by atoms with Gasteiger partial charge in [-0.3, -0.25) is 4.99 Å². The van der Waals surface area contributed by atoms with Crippen molar-refractivity contribution in [3.05, 3.63) is 16.5 Å². The van der Waals surface area contributed by atoms with E-state index in [1.807, 2.05) is 7.05 Å². The first-order valence-corrected chi connectivity index (χ1v) is 2.42. The molecule has 0 aliphatic rings. The molecule has 1 aromatic carbocycles. The molecule has 1 heteroatoms. The second-order valence-electron chi connectivity index (χ2n) is 1.82. The van der Waals surface area contributed by atoms with Crippen LogP contribution in [0.5, 0.6) is 0 Å². The van der Waals surface area contributed by atoms with Crippen LogP contribution in [0.4, 0.5) is 0 Å². The second-order valence-corrected chi connectivity index (χ2v) is 1.82. The third kappa shape index (κ3) is 0.483. The fourth-order valence-electron chi connectivity index (χ4n) is 0.725. The summed E-state index contributed by atoms with van der Waals surface area (Å²) in [6, 6.07) is 0. The molecule has 0 N–H and O–H groups in total. The van der Waals surface area contributed by atoms with Crippen molar-refractivity contribution in [3.63, 3.8) is 0 Å². The van der Waals surface area contributed by atoms with Crippen LogP contribution in [-0.2, 0) is 0 Å². The summed E-state index contributed by atoms with van der Waals surface area (Å²) in [7, 11) is 1.83. The van der Waals surface area contributed by atoms with Gasteiger partial charge >= 0.3 is 0 Å². The molecule has 0 atom stereocenters. The van der Waals surface area contributed by atoms with Crippen molar-refractivity contribution in [2.45, 2.75) is 13.8 Å². The van der Waals surface area contributed by atoms with Gasteiger partial charge in [0.25, 0.3) is 0 Å². The second kappa shape index (κ2) is 1.19. The molecule has 0 unspecified atom stereocenters. The summed E-state index contributed by atoms with van der Waals surface area (Å²) in [5, 5.41) is 1.22. The standard InChI is InChI=1S/C6H9N/c1-4-5(2)6(4)7-3/h1-3H3. The van der Waals surface area contributed by atoms with E-state index < -0.39 is 0 Å². The summed E-state index contributed by atoms with van der Waals surface area (Å²) >= 11 is 0. The monoisotopic (exact) mass is 95.1 g/mol. The van der Waals surface area contributed by atoms with Crippen molar-refractivity contribution in [1.82, 2.24) is 0 Å². The van der Waals surface area contributed by atoms with E-state index >= 15 is 0 Å². The highest BCUT2D eigenvalue weighted by molar-refractivity contribution is 5.34. The van der Waals surface area contributed by atoms with Gasteiger partial charge in [-0.25, -0.2) is 0 Å². The molecule has 0 fully saturated rings. The molecule has 7 heavy (non-hydrogen) atoms. The SMILES string of the molecule is CN=c1c(C)c1C. The minimum Gasteiger partial charge on any atom is -0.288 e. The maximum Gasteiger partial charge on any atom is 0.0635 e. The van der Waals surface area contributed by atoms with Crippen LogP contribution in [0.15, 0.2) is 4.99 Å². The molecule has 0 amide bonds. The van der Waals surface area contributed by atoms with E-state index in [4.69, 9.17) is 0 Å². The molecular weight excluding hydrogens is 86.1 g/mol. The van der Waals surface area contributed by atoms with Crippen LogP contribution in [0, 0.1) is 13.8 Å². The van der Waals surface area contributed by atoms with Crippen molar-refractivity contribution in [3.8, 4) is 0 Å². The first kappa shape index (κ1) is 4.57. The molecule has 0 aliphatic carbocycles. The van der Waals surface area contributed by atoms with Crippen molar-refractivity contribution in [2.75, 3.05) is 7.05 Å². The van der Waals surface area contributed by atoms with Crippen molar-refractivity contribution in [1.29, 1.82) is 0 Å². The molecule has 0 heterocycles. The normalized spacial score (nSPS) is 10.1. The Morgan fingerprint density at radius 3 is 1.57 bits per heavy atom. The van der Waals surface area contributed by atoms with Gasteiger partial charge < -0.3 is 0 Å². The summed E-state index contributed by atoms with van der Waals surface area (Å²) in [5.74, 6) is 0. The van der Waals surface area contributed by atoms with Crippen LogP contribution >= 0.6 is 0 Å². The first-order chi connectivity index (χ1) is 3.27. The van der Waals surface area contributed by atoms with E-state index in [-0.39, 0.29) is 0 Å². The molecule has 0 spiro atoms. The molecule has 0 saturated carbocycles. The maximum absolute atomic E-state index is 4.00. The molecule has 0 aliphatic heterocycles. The van der Waals surface area contributed by atoms with E-state index in [9.17, 15) is 0 Å². The Morgan fingerprint density at radius 1 is 1.14 bits per heavy atom. The lowest BCUT2D eigenvalue weighted by Gasteiger charge is -1.54. The summed E-state index contributed by atoms with van der Waals surface area (Å²) in [6.45, 7) is 4.19. The van der Waals surface area contributed by atoms with Gasteiger partial charge in [0.2, 0.25) is 0 Å². The summed E-state index contributed by atoms with van der Waals surface area (Å²) in [5.41, 5.74) is 2.75. The summed E-state index contributed by atoms with van der Waals surface area (Å²) in [6.07, 6.45) is 0. The minimum absolute atomic E-state index is 1.22. The van der Waals surface area contributed by atoms with Crippen LogP contribution in [-0.4, -0.2) is 7.05 Å². The first-order valence-electron chi connectivity index (χ1n) is 2.42. The van der Waals surface area contributed by atoms with E-state index in [1.165, 1.54) is 16.5 Å². The Balaban J connectivity index is 3.03. The molecular formula is C6H9N. The Hall–Kier alpha value is -0.590. The molecule has 0 bridgehead atoms. The number of rotatable bonds is 0. The van der Waals surface area contributed by atoms with Crippen molar-refractivity contribution >= 4 is 0 Å². The molecule has 0 saturated heterocycles. The summed E-state index contributed by atoms with van der Waals surface area (Å²) < 4.78 is 0. The third-order valence-electron chi connectivity index (χ3n) is 1.43. The zero-order chi connectivity index (χ0) is 5.44. The molecule has 0 radical (unpaired) electrons. The zero-order valence-corrected chi connectivity index (χ0v) is 4.95. The molecule has 1 nitrogen and oxygen atoms in total. The fraction of sp³-hybridized carbons (Fsp3) is 0.500. The predicted octanol–water partition coefficient (Wildman–Crippen LogP) is 0.710. The highest BCUT2D eigenvalue weighted by atomic mass is 14.7. The Labute approximate surface area is 43.4 Å². The van der Waals surface area contributed by atoms with Gasteiger partial charge in [-0.2, -0.15) is 0 Å². The summed E-state index contributed by atoms with van der Waals surface area (Å²) in [4.78, 5) is 4.00. The largest absolute Gasteiger partial charge is 0.288 e. The van der Waals surface area contributed by atoms with Gasteiger partial charge in [0.1, 0.15) is 0 Å². The Bertz CT molecular complexity index is 172. The Kier molecular flexibility index (Phi) is 0.775. The molecule has 0 aromatic heterocycles. The topological polar surface area (TPSA) is 12.4 Å². The fourth-order valence-corrected chi connectivity index (χ4v) is 0.725. The van der Waals surface area contributed by atoms with Crippen LogP contribution in [0.3, 0.4) is 0 Å². The number of hydrogen-bond acceptors (Lipinski definition) is 1. The smallest absolute Gasteiger partial charge is 0.0635 e. The maximum atomic E-state index is 4.00. The van der Waals surface area contributed by atoms with Crippen molar-refractivity contribution in [2.24, 2.45) is 4.99 Å². The lowest BCUT2D eigenvalue weighted by molar-refractivity contribution is 1.32. The lowest BCUT2D eigenvalue weighted by Crippen LogP contribution is -1.79. The van der Waals surface area contributed by atoms with Crippen molar-refractivity contribution < 1.29 is 0 Å². The van der Waals surface area contributed by atoms with Crippen LogP contribution in [0.25, 0.3) is 0 Å². The van der Waals surface area contributed by atoms with Crippen LogP contribution < -0.4 is 5.36 Å². The zero-order valence-electron chi connectivity index (χ0n) is 4.95. The lowest BCUT2D eigenvalue weighted by atomic mass is 10.5. The molecule has 1 aromatic rings. The van der Waals surface area contributed by atoms with Gasteiger partial charge in [0.15, 0.2) is 0 Å². The third-order valence-corrected chi connectivity index (χ3v) is 1.43. The molecule has 1 rings (SSSR count). The highest BCUT2D eigenvalue weighted by Crippen LogP contribution is 2.01. The van der Waals surface area contributed by atoms with Gasteiger partial charge in [-0.05, 0) is 25.0 Å². The highest BCUT2D eigenvalue weighted by Gasteiger charge is 2.05. The van der Waals surface area contributed by atoms with E-state index in [2.05, 4.69) is 18.8 Å². The Morgan fingerprint density at radius 2 is 1.57 bits per heavy atom. The van der Waals surface area contributed by atoms with E-state index in [0.717, 1.165) is 0 Å². The van der Waals surface area contributed by atoms with Crippen LogP contribution in [0.1, 0.15) is 11.1 Å².